The Balaban J connectivity index is 0.000000256. The molecule has 2 aliphatic rings. The Morgan fingerprint density at radius 1 is 0.588 bits per heavy atom. The smallest absolute Gasteiger partial charge is 0.422 e. The number of nitrogens with one attached hydrogen (secondary N) is 2. The Morgan fingerprint density at radius 3 is 1.25 bits per heavy atom. The number of H-pyrrole nitrogens is 2. The van der Waals surface area contributed by atoms with Gasteiger partial charge in [0.25, 0.3) is 11.1 Å². The molecule has 68 heavy (non-hydrogen) atoms. The second kappa shape index (κ2) is 25.3. The van der Waals surface area contributed by atoms with Crippen LogP contribution in [0.1, 0.15) is 24.2 Å². The number of hydrogen-bond acceptors (Lipinski definition) is 14. The summed E-state index contributed by atoms with van der Waals surface area (Å²) in [5.41, 5.74) is -0.207. The highest BCUT2D eigenvalue weighted by Gasteiger charge is 2.31. The quantitative estimate of drug-likeness (QED) is 0.0932. The maximum absolute atomic E-state index is 12.5. The highest BCUT2D eigenvalue weighted by atomic mass is 19.4. The summed E-state index contributed by atoms with van der Waals surface area (Å²) in [4.78, 5) is 78.3. The number of carboxylic acid groups (broad SMARTS) is 2. The number of nitrogens with zero attached hydrogens (tertiary/aromatic N) is 8. The predicted octanol–water partition coefficient (Wildman–Crippen LogP) is 2.50. The number of rotatable bonds is 16. The van der Waals surface area contributed by atoms with Crippen molar-refractivity contribution in [2.24, 2.45) is 0 Å². The molecule has 2 saturated heterocycles. The van der Waals surface area contributed by atoms with Crippen molar-refractivity contribution in [2.75, 3.05) is 88.5 Å². The Kier molecular flexibility index (Phi) is 19.9. The second-order valence-electron chi connectivity index (χ2n) is 15.3. The highest BCUT2D eigenvalue weighted by Crippen LogP contribution is 2.32. The molecule has 0 radical (unpaired) electrons. The molecule has 0 aliphatic carbocycles. The van der Waals surface area contributed by atoms with E-state index in [1.807, 2.05) is 9.80 Å². The average molecular weight is 971 g/mol. The van der Waals surface area contributed by atoms with Crippen LogP contribution in [0.4, 0.5) is 37.7 Å². The first kappa shape index (κ1) is 53.7. The van der Waals surface area contributed by atoms with E-state index in [1.54, 1.807) is 62.4 Å². The fourth-order valence-electron chi connectivity index (χ4n) is 6.81. The molecular weight excluding hydrogens is 919 g/mol. The number of aryl methyl sites for hydroxylation is 4. The van der Waals surface area contributed by atoms with E-state index in [0.717, 1.165) is 39.3 Å². The fourth-order valence-corrected chi connectivity index (χ4v) is 6.81. The van der Waals surface area contributed by atoms with E-state index in [9.17, 15) is 55.1 Å². The molecule has 372 valence electrons. The van der Waals surface area contributed by atoms with Gasteiger partial charge in [-0.05, 0) is 51.0 Å². The summed E-state index contributed by atoms with van der Waals surface area (Å²) in [7, 11) is 0. The lowest BCUT2D eigenvalue weighted by atomic mass is 10.2. The van der Waals surface area contributed by atoms with Crippen molar-refractivity contribution >= 4 is 23.3 Å². The van der Waals surface area contributed by atoms with Crippen LogP contribution in [0.3, 0.4) is 0 Å². The van der Waals surface area contributed by atoms with Crippen molar-refractivity contribution in [2.45, 2.75) is 52.1 Å². The molecule has 0 bridgehead atoms. The first-order chi connectivity index (χ1) is 32.1. The average Bonchev–Trinajstić information content (AvgIpc) is 3.28. The molecule has 0 unspecified atom stereocenters. The van der Waals surface area contributed by atoms with Crippen LogP contribution in [-0.2, 0) is 22.7 Å². The molecule has 6 rings (SSSR count). The number of halogens is 6. The summed E-state index contributed by atoms with van der Waals surface area (Å²) in [6.45, 7) is 8.30. The largest absolute Gasteiger partial charge is 0.482 e. The monoisotopic (exact) mass is 970 g/mol. The third-order valence-electron chi connectivity index (χ3n) is 10.1. The van der Waals surface area contributed by atoms with Gasteiger partial charge in [0.2, 0.25) is 0 Å². The highest BCUT2D eigenvalue weighted by molar-refractivity contribution is 5.89. The third-order valence-corrected chi connectivity index (χ3v) is 10.1. The van der Waals surface area contributed by atoms with Crippen LogP contribution >= 0.6 is 0 Å². The summed E-state index contributed by atoms with van der Waals surface area (Å²) in [6.07, 6.45) is -6.28. The first-order valence-electron chi connectivity index (χ1n) is 21.1. The van der Waals surface area contributed by atoms with Crippen molar-refractivity contribution in [1.82, 2.24) is 39.3 Å². The van der Waals surface area contributed by atoms with E-state index in [0.29, 0.717) is 75.6 Å². The van der Waals surface area contributed by atoms with Crippen LogP contribution in [0.5, 0.6) is 11.5 Å². The number of para-hydroxylation sites is 4. The third kappa shape index (κ3) is 18.4. The van der Waals surface area contributed by atoms with Gasteiger partial charge in [-0.3, -0.25) is 29.4 Å². The van der Waals surface area contributed by atoms with Crippen LogP contribution in [-0.4, -0.2) is 152 Å². The molecule has 2 fully saturated rings. The molecular formula is C42H52F6N10O10. The number of aromatic amines is 2. The number of anilines is 2. The topological polar surface area (TPSA) is 242 Å². The number of ether oxygens (including phenoxy) is 2. The maximum atomic E-state index is 12.5. The SMILES string of the molecule is Cc1nn(CCCN2CCN(c3ccccc3OCC(F)(F)F)CC2)c(=O)[nH]c1=O.Cc1nn(CCCN2CCN(c3ccccc3OCC(F)(F)F)CC2)c(=O)[nH]c1=O.O=C(O)/C=C/C(=O)O. The Hall–Kier alpha value is -6.96. The molecule has 20 nitrogen and oxygen atoms in total. The molecule has 0 spiro atoms. The number of benzene rings is 2. The first-order valence-corrected chi connectivity index (χ1v) is 21.1. The number of carboxylic acids is 2. The van der Waals surface area contributed by atoms with Gasteiger partial charge in [0, 0.05) is 90.7 Å². The van der Waals surface area contributed by atoms with Gasteiger partial charge in [0.1, 0.15) is 22.9 Å². The van der Waals surface area contributed by atoms with Crippen LogP contribution in [0.2, 0.25) is 0 Å². The van der Waals surface area contributed by atoms with Crippen LogP contribution < -0.4 is 41.8 Å². The lowest BCUT2D eigenvalue weighted by molar-refractivity contribution is -0.154. The Morgan fingerprint density at radius 2 is 0.926 bits per heavy atom. The second-order valence-corrected chi connectivity index (χ2v) is 15.3. The number of piperazine rings is 2. The molecule has 2 aromatic carbocycles. The predicted molar refractivity (Wildman–Crippen MR) is 235 cm³/mol. The lowest BCUT2D eigenvalue weighted by Gasteiger charge is -2.36. The van der Waals surface area contributed by atoms with Gasteiger partial charge in [0.05, 0.1) is 11.4 Å². The molecule has 4 aromatic rings. The molecule has 2 aromatic heterocycles. The summed E-state index contributed by atoms with van der Waals surface area (Å²) < 4.78 is 87.4. The maximum Gasteiger partial charge on any atom is 0.422 e. The fraction of sp³-hybridized carbons (Fsp3) is 0.476. The van der Waals surface area contributed by atoms with Crippen molar-refractivity contribution in [3.8, 4) is 11.5 Å². The van der Waals surface area contributed by atoms with Crippen LogP contribution in [0.25, 0.3) is 0 Å². The molecule has 4 N–H and O–H groups in total. The van der Waals surface area contributed by atoms with Crippen LogP contribution in [0.15, 0.2) is 79.9 Å². The number of aromatic nitrogens is 6. The molecule has 0 amide bonds. The zero-order chi connectivity index (χ0) is 50.0. The minimum Gasteiger partial charge on any atom is -0.482 e. The summed E-state index contributed by atoms with van der Waals surface area (Å²) in [5, 5.41) is 23.6. The zero-order valence-corrected chi connectivity index (χ0v) is 37.1. The van der Waals surface area contributed by atoms with Gasteiger partial charge in [0.15, 0.2) is 13.2 Å². The number of carbonyl (C=O) groups is 2. The molecule has 4 heterocycles. The number of alkyl halides is 6. The molecule has 0 saturated carbocycles. The lowest BCUT2D eigenvalue weighted by Crippen LogP contribution is -2.47. The summed E-state index contributed by atoms with van der Waals surface area (Å²) in [5.74, 6) is -2.07. The Bertz CT molecular complexity index is 2370. The normalized spacial score (nSPS) is 14.7. The van der Waals surface area contributed by atoms with E-state index in [1.165, 1.54) is 9.36 Å². The van der Waals surface area contributed by atoms with E-state index < -0.39 is 60.0 Å². The van der Waals surface area contributed by atoms with Gasteiger partial charge >= 0.3 is 35.7 Å². The minimum absolute atomic E-state index is 0.224. The van der Waals surface area contributed by atoms with Gasteiger partial charge in [-0.1, -0.05) is 24.3 Å². The summed E-state index contributed by atoms with van der Waals surface area (Å²) >= 11 is 0. The Labute approximate surface area is 383 Å². The molecule has 26 heteroatoms. The van der Waals surface area contributed by atoms with Gasteiger partial charge < -0.3 is 29.5 Å². The van der Waals surface area contributed by atoms with Crippen molar-refractivity contribution in [3.63, 3.8) is 0 Å². The van der Waals surface area contributed by atoms with Crippen molar-refractivity contribution < 1.29 is 55.6 Å². The number of aliphatic carboxylic acids is 2. The minimum atomic E-state index is -4.38. The number of hydrogen-bond donors (Lipinski definition) is 4. The van der Waals surface area contributed by atoms with Crippen molar-refractivity contribution in [1.29, 1.82) is 0 Å². The van der Waals surface area contributed by atoms with Gasteiger partial charge in [-0.25, -0.2) is 28.5 Å². The van der Waals surface area contributed by atoms with E-state index in [2.05, 4.69) is 30.0 Å². The zero-order valence-electron chi connectivity index (χ0n) is 37.1. The van der Waals surface area contributed by atoms with Crippen molar-refractivity contribution in [3.05, 3.63) is 114 Å². The molecule has 0 atom stereocenters. The van der Waals surface area contributed by atoms with E-state index >= 15 is 0 Å². The van der Waals surface area contributed by atoms with Gasteiger partial charge in [-0.2, -0.15) is 36.5 Å². The van der Waals surface area contributed by atoms with Gasteiger partial charge in [-0.15, -0.1) is 0 Å². The van der Waals surface area contributed by atoms with E-state index in [4.69, 9.17) is 19.7 Å². The van der Waals surface area contributed by atoms with Crippen LogP contribution in [0, 0.1) is 13.8 Å². The summed E-state index contributed by atoms with van der Waals surface area (Å²) in [6, 6.07) is 13.5. The molecule has 2 aliphatic heterocycles. The van der Waals surface area contributed by atoms with E-state index in [-0.39, 0.29) is 22.9 Å². The standard InChI is InChI=1S/2C19H24F3N5O3.C4H4O4/c2*1-14-17(28)23-18(29)27(24-14)8-4-7-25-9-11-26(12-10-25)15-5-2-3-6-16(15)30-13-19(20,21)22;5-3(6)1-2-4(7)8/h2*2-3,5-6H,4,7-13H2,1H3,(H,23,28,29);1-2H,(H,5,6)(H,7,8)/b;;2-1+.